The van der Waals surface area contributed by atoms with Crippen molar-refractivity contribution in [2.75, 3.05) is 38.0 Å². The molecule has 29 heavy (non-hydrogen) atoms. The molecule has 1 N–H and O–H groups in total. The summed E-state index contributed by atoms with van der Waals surface area (Å²) < 4.78 is 52.8. The number of benzene rings is 2. The van der Waals surface area contributed by atoms with Crippen molar-refractivity contribution in [3.63, 3.8) is 0 Å². The lowest BCUT2D eigenvalue weighted by Gasteiger charge is -2.33. The molecule has 0 atom stereocenters. The van der Waals surface area contributed by atoms with E-state index in [2.05, 4.69) is 5.32 Å². The van der Waals surface area contributed by atoms with Gasteiger partial charge in [0.15, 0.2) is 11.6 Å². The van der Waals surface area contributed by atoms with Gasteiger partial charge in [-0.3, -0.25) is 9.69 Å². The number of carbonyl (C=O) groups is 1. The first-order chi connectivity index (χ1) is 13.7. The number of nitrogens with zero attached hydrogens (tertiary/aromatic N) is 2. The summed E-state index contributed by atoms with van der Waals surface area (Å²) in [6, 6.07) is 7.36. The molecule has 6 nitrogen and oxygen atoms in total. The molecule has 0 saturated carbocycles. The van der Waals surface area contributed by atoms with Crippen LogP contribution in [0.4, 0.5) is 14.5 Å². The van der Waals surface area contributed by atoms with Gasteiger partial charge in [0.1, 0.15) is 0 Å². The number of piperazine rings is 1. The van der Waals surface area contributed by atoms with Crippen LogP contribution in [0.1, 0.15) is 0 Å². The van der Waals surface area contributed by atoms with Crippen molar-refractivity contribution in [2.45, 2.75) is 4.90 Å². The Morgan fingerprint density at radius 3 is 2.38 bits per heavy atom. The normalized spacial score (nSPS) is 16.0. The number of carbonyl (C=O) groups excluding carboxylic acids is 1. The third-order valence-electron chi connectivity index (χ3n) is 4.45. The fourth-order valence-corrected chi connectivity index (χ4v) is 4.69. The molecule has 1 fully saturated rings. The Bertz CT molecular complexity index is 1030. The Morgan fingerprint density at radius 2 is 1.72 bits per heavy atom. The minimum absolute atomic E-state index is 0.0436. The number of sulfonamides is 1. The van der Waals surface area contributed by atoms with E-state index < -0.39 is 21.7 Å². The third kappa shape index (κ3) is 5.04. The van der Waals surface area contributed by atoms with Gasteiger partial charge in [0.25, 0.3) is 0 Å². The number of rotatable bonds is 5. The summed E-state index contributed by atoms with van der Waals surface area (Å²) in [6.45, 7) is 0.889. The SMILES string of the molecule is O=C(CN1CCN(S(=O)(=O)c2ccc(F)c(F)c2)CC1)Nc1cccc(Cl)c1Cl. The summed E-state index contributed by atoms with van der Waals surface area (Å²) in [6.07, 6.45) is 0. The highest BCUT2D eigenvalue weighted by molar-refractivity contribution is 7.89. The van der Waals surface area contributed by atoms with Crippen LogP contribution in [0.2, 0.25) is 10.0 Å². The van der Waals surface area contributed by atoms with Gasteiger partial charge in [-0.1, -0.05) is 29.3 Å². The summed E-state index contributed by atoms with van der Waals surface area (Å²) >= 11 is 12.0. The van der Waals surface area contributed by atoms with Gasteiger partial charge in [0, 0.05) is 26.2 Å². The van der Waals surface area contributed by atoms with Crippen LogP contribution in [0.15, 0.2) is 41.3 Å². The zero-order valence-corrected chi connectivity index (χ0v) is 17.4. The molecule has 1 aliphatic heterocycles. The number of nitrogens with one attached hydrogen (secondary N) is 1. The van der Waals surface area contributed by atoms with Gasteiger partial charge in [0.05, 0.1) is 27.2 Å². The summed E-state index contributed by atoms with van der Waals surface area (Å²) in [5.41, 5.74) is 0.392. The van der Waals surface area contributed by atoms with Crippen molar-refractivity contribution in [1.82, 2.24) is 9.21 Å². The maximum absolute atomic E-state index is 13.4. The Balaban J connectivity index is 1.58. The number of anilines is 1. The molecule has 0 aromatic heterocycles. The van der Waals surface area contributed by atoms with E-state index in [1.807, 2.05) is 0 Å². The third-order valence-corrected chi connectivity index (χ3v) is 7.17. The second-order valence-electron chi connectivity index (χ2n) is 6.41. The second-order valence-corrected chi connectivity index (χ2v) is 9.13. The van der Waals surface area contributed by atoms with Crippen LogP contribution in [0.25, 0.3) is 0 Å². The van der Waals surface area contributed by atoms with E-state index in [-0.39, 0.29) is 35.5 Å². The van der Waals surface area contributed by atoms with Crippen LogP contribution in [-0.4, -0.2) is 56.3 Å². The zero-order valence-electron chi connectivity index (χ0n) is 15.0. The quantitative estimate of drug-likeness (QED) is 0.738. The van der Waals surface area contributed by atoms with Crippen molar-refractivity contribution >= 4 is 44.8 Å². The van der Waals surface area contributed by atoms with E-state index in [0.29, 0.717) is 29.9 Å². The topological polar surface area (TPSA) is 69.7 Å². The monoisotopic (exact) mass is 463 g/mol. The van der Waals surface area contributed by atoms with Gasteiger partial charge >= 0.3 is 0 Å². The van der Waals surface area contributed by atoms with E-state index in [1.54, 1.807) is 23.1 Å². The summed E-state index contributed by atoms with van der Waals surface area (Å²) in [5, 5.41) is 3.23. The Hall–Kier alpha value is -1.78. The molecule has 1 aliphatic rings. The summed E-state index contributed by atoms with van der Waals surface area (Å²) in [4.78, 5) is 13.7. The lowest BCUT2D eigenvalue weighted by atomic mass is 10.3. The molecule has 1 amide bonds. The second kappa shape index (κ2) is 8.93. The number of hydrogen-bond acceptors (Lipinski definition) is 4. The lowest BCUT2D eigenvalue weighted by Crippen LogP contribution is -2.50. The summed E-state index contributed by atoms with van der Waals surface area (Å²) in [5.74, 6) is -2.65. The Morgan fingerprint density at radius 1 is 1.03 bits per heavy atom. The number of amides is 1. The van der Waals surface area contributed by atoms with Gasteiger partial charge in [0.2, 0.25) is 15.9 Å². The predicted molar refractivity (Wildman–Crippen MR) is 107 cm³/mol. The van der Waals surface area contributed by atoms with Crippen molar-refractivity contribution < 1.29 is 22.0 Å². The molecule has 2 aromatic carbocycles. The van der Waals surface area contributed by atoms with Crippen LogP contribution < -0.4 is 5.32 Å². The molecule has 11 heteroatoms. The van der Waals surface area contributed by atoms with Crippen molar-refractivity contribution in [3.8, 4) is 0 Å². The van der Waals surface area contributed by atoms with Gasteiger partial charge in [-0.05, 0) is 30.3 Å². The minimum Gasteiger partial charge on any atom is -0.324 e. The maximum atomic E-state index is 13.4. The van der Waals surface area contributed by atoms with Crippen LogP contribution in [-0.2, 0) is 14.8 Å². The molecule has 3 rings (SSSR count). The van der Waals surface area contributed by atoms with E-state index in [4.69, 9.17) is 23.2 Å². The molecule has 0 aliphatic carbocycles. The van der Waals surface area contributed by atoms with Crippen molar-refractivity contribution in [1.29, 1.82) is 0 Å². The molecule has 0 bridgehead atoms. The average Bonchev–Trinajstić information content (AvgIpc) is 2.68. The van der Waals surface area contributed by atoms with Gasteiger partial charge in [-0.25, -0.2) is 17.2 Å². The van der Waals surface area contributed by atoms with E-state index >= 15 is 0 Å². The highest BCUT2D eigenvalue weighted by atomic mass is 35.5. The van der Waals surface area contributed by atoms with E-state index in [9.17, 15) is 22.0 Å². The molecule has 0 unspecified atom stereocenters. The van der Waals surface area contributed by atoms with Crippen molar-refractivity contribution in [2.24, 2.45) is 0 Å². The van der Waals surface area contributed by atoms with Gasteiger partial charge in [-0.15, -0.1) is 0 Å². The molecule has 0 spiro atoms. The van der Waals surface area contributed by atoms with Gasteiger partial charge in [-0.2, -0.15) is 4.31 Å². The van der Waals surface area contributed by atoms with Gasteiger partial charge < -0.3 is 5.32 Å². The molecule has 156 valence electrons. The fourth-order valence-electron chi connectivity index (χ4n) is 2.91. The van der Waals surface area contributed by atoms with Crippen LogP contribution in [0, 0.1) is 11.6 Å². The van der Waals surface area contributed by atoms with E-state index in [1.165, 1.54) is 4.31 Å². The molecule has 2 aromatic rings. The average molecular weight is 464 g/mol. The van der Waals surface area contributed by atoms with E-state index in [0.717, 1.165) is 12.1 Å². The fraction of sp³-hybridized carbons (Fsp3) is 0.278. The van der Waals surface area contributed by atoms with Crippen molar-refractivity contribution in [3.05, 3.63) is 58.1 Å². The molecular formula is C18H17Cl2F2N3O3S. The zero-order chi connectivity index (χ0) is 21.2. The first-order valence-electron chi connectivity index (χ1n) is 8.60. The lowest BCUT2D eigenvalue weighted by molar-refractivity contribution is -0.117. The standard InChI is InChI=1S/C18H17Cl2F2N3O3S/c19-13-2-1-3-16(18(13)20)23-17(26)11-24-6-8-25(9-7-24)29(27,28)12-4-5-14(21)15(22)10-12/h1-5,10H,6-9,11H2,(H,23,26). The molecule has 0 radical (unpaired) electrons. The number of halogens is 4. The highest BCUT2D eigenvalue weighted by Gasteiger charge is 2.29. The Labute approximate surface area is 177 Å². The maximum Gasteiger partial charge on any atom is 0.243 e. The molecule has 1 heterocycles. The largest absolute Gasteiger partial charge is 0.324 e. The molecular weight excluding hydrogens is 447 g/mol. The molecule has 1 saturated heterocycles. The van der Waals surface area contributed by atoms with Crippen LogP contribution in [0.3, 0.4) is 0 Å². The van der Waals surface area contributed by atoms with Crippen LogP contribution >= 0.6 is 23.2 Å². The smallest absolute Gasteiger partial charge is 0.243 e. The first kappa shape index (κ1) is 21.9. The first-order valence-corrected chi connectivity index (χ1v) is 10.8. The summed E-state index contributed by atoms with van der Waals surface area (Å²) in [7, 11) is -3.94. The predicted octanol–water partition coefficient (Wildman–Crippen LogP) is 3.22. The van der Waals surface area contributed by atoms with Crippen LogP contribution in [0.5, 0.6) is 0 Å². The number of hydrogen-bond donors (Lipinski definition) is 1. The highest BCUT2D eigenvalue weighted by Crippen LogP contribution is 2.29. The Kier molecular flexibility index (Phi) is 6.75. The minimum atomic E-state index is -3.94.